The molecule has 1 heterocycles. The molecular weight excluding hydrogens is 88.1 g/mol. The van der Waals surface area contributed by atoms with Gasteiger partial charge >= 0.3 is 0 Å². The summed E-state index contributed by atoms with van der Waals surface area (Å²) in [4.78, 5) is 0. The van der Waals surface area contributed by atoms with Gasteiger partial charge in [0, 0.05) is 5.92 Å². The van der Waals surface area contributed by atoms with Crippen LogP contribution in [0.15, 0.2) is 0 Å². The van der Waals surface area contributed by atoms with Crippen molar-refractivity contribution >= 4 is 0 Å². The summed E-state index contributed by atoms with van der Waals surface area (Å²) < 4.78 is 4.96. The third-order valence-corrected chi connectivity index (χ3v) is 1.23. The number of rotatable bonds is 2. The van der Waals surface area contributed by atoms with E-state index in [9.17, 15) is 0 Å². The van der Waals surface area contributed by atoms with Crippen LogP contribution in [0.25, 0.3) is 0 Å². The highest BCUT2D eigenvalue weighted by Crippen LogP contribution is 2.13. The molecule has 1 heteroatoms. The molecule has 1 fully saturated rings. The molecule has 41 valence electrons. The fraction of sp³-hybridized carbons (Fsp3) is 0.833. The van der Waals surface area contributed by atoms with Crippen LogP contribution in [0.2, 0.25) is 0 Å². The van der Waals surface area contributed by atoms with Crippen molar-refractivity contribution in [1.82, 2.24) is 0 Å². The highest BCUT2D eigenvalue weighted by atomic mass is 16.5. The van der Waals surface area contributed by atoms with Crippen LogP contribution >= 0.6 is 0 Å². The average molecular weight is 99.2 g/mol. The first kappa shape index (κ1) is 5.10. The topological polar surface area (TPSA) is 9.23 Å². The second kappa shape index (κ2) is 2.31. The zero-order valence-electron chi connectivity index (χ0n) is 4.68. The van der Waals surface area contributed by atoms with Crippen LogP contribution in [-0.2, 0) is 4.74 Å². The summed E-state index contributed by atoms with van der Waals surface area (Å²) in [5, 5.41) is 0. The van der Waals surface area contributed by atoms with Crippen LogP contribution in [0.4, 0.5) is 0 Å². The van der Waals surface area contributed by atoms with Gasteiger partial charge in [-0.2, -0.15) is 0 Å². The standard InChI is InChI=1S/C6H11O/c1-2-3-6-4-7-5-6/h3,6H,2,4-5H2,1H3. The first-order valence-corrected chi connectivity index (χ1v) is 2.84. The van der Waals surface area contributed by atoms with Crippen molar-refractivity contribution in [2.75, 3.05) is 13.2 Å². The van der Waals surface area contributed by atoms with E-state index in [1.54, 1.807) is 0 Å². The van der Waals surface area contributed by atoms with E-state index in [1.165, 1.54) is 6.42 Å². The maximum Gasteiger partial charge on any atom is 0.0519 e. The van der Waals surface area contributed by atoms with E-state index < -0.39 is 0 Å². The van der Waals surface area contributed by atoms with Crippen molar-refractivity contribution in [1.29, 1.82) is 0 Å². The molecule has 0 amide bonds. The molecule has 0 spiro atoms. The third kappa shape index (κ3) is 1.16. The summed E-state index contributed by atoms with van der Waals surface area (Å²) >= 11 is 0. The highest BCUT2D eigenvalue weighted by molar-refractivity contribution is 4.78. The zero-order valence-corrected chi connectivity index (χ0v) is 4.68. The Morgan fingerprint density at radius 1 is 1.71 bits per heavy atom. The quantitative estimate of drug-likeness (QED) is 0.506. The van der Waals surface area contributed by atoms with Crippen LogP contribution in [0.5, 0.6) is 0 Å². The lowest BCUT2D eigenvalue weighted by Gasteiger charge is -2.24. The van der Waals surface area contributed by atoms with Gasteiger partial charge < -0.3 is 4.74 Å². The number of hydrogen-bond donors (Lipinski definition) is 0. The van der Waals surface area contributed by atoms with Gasteiger partial charge in [-0.1, -0.05) is 13.3 Å². The first-order valence-electron chi connectivity index (χ1n) is 2.84. The van der Waals surface area contributed by atoms with Gasteiger partial charge in [0.1, 0.15) is 0 Å². The maximum absolute atomic E-state index is 4.96. The van der Waals surface area contributed by atoms with Crippen LogP contribution in [0.1, 0.15) is 13.3 Å². The van der Waals surface area contributed by atoms with Crippen LogP contribution < -0.4 is 0 Å². The Bertz CT molecular complexity index is 48.1. The van der Waals surface area contributed by atoms with Crippen molar-refractivity contribution in [3.05, 3.63) is 6.42 Å². The Morgan fingerprint density at radius 2 is 2.43 bits per heavy atom. The minimum absolute atomic E-state index is 0.782. The Balaban J connectivity index is 1.93. The molecule has 1 rings (SSSR count). The molecule has 1 aliphatic heterocycles. The Kier molecular flexibility index (Phi) is 1.69. The van der Waals surface area contributed by atoms with Gasteiger partial charge in [0.2, 0.25) is 0 Å². The summed E-state index contributed by atoms with van der Waals surface area (Å²) in [6, 6.07) is 0. The molecule has 1 saturated heterocycles. The molecule has 1 nitrogen and oxygen atoms in total. The lowest BCUT2D eigenvalue weighted by atomic mass is 10.0. The average Bonchev–Trinajstić information content (AvgIpc) is 1.55. The van der Waals surface area contributed by atoms with E-state index in [1.807, 2.05) is 0 Å². The Morgan fingerprint density at radius 3 is 2.57 bits per heavy atom. The van der Waals surface area contributed by atoms with Crippen molar-refractivity contribution in [2.45, 2.75) is 13.3 Å². The first-order chi connectivity index (χ1) is 3.43. The van der Waals surface area contributed by atoms with Crippen LogP contribution in [-0.4, -0.2) is 13.2 Å². The van der Waals surface area contributed by atoms with Crippen LogP contribution in [0.3, 0.4) is 0 Å². The van der Waals surface area contributed by atoms with Gasteiger partial charge in [-0.15, -0.1) is 0 Å². The molecule has 0 aliphatic carbocycles. The molecule has 0 aromatic carbocycles. The fourth-order valence-corrected chi connectivity index (χ4v) is 0.723. The second-order valence-electron chi connectivity index (χ2n) is 1.94. The Hall–Kier alpha value is -0.0400. The smallest absolute Gasteiger partial charge is 0.0519 e. The predicted molar refractivity (Wildman–Crippen MR) is 28.9 cm³/mol. The van der Waals surface area contributed by atoms with E-state index in [2.05, 4.69) is 13.3 Å². The lowest BCUT2D eigenvalue weighted by Crippen LogP contribution is -2.27. The van der Waals surface area contributed by atoms with E-state index in [4.69, 9.17) is 4.74 Å². The second-order valence-corrected chi connectivity index (χ2v) is 1.94. The molecule has 0 N–H and O–H groups in total. The molecule has 0 aromatic rings. The predicted octanol–water partition coefficient (Wildman–Crippen LogP) is 1.25. The number of ether oxygens (including phenoxy) is 1. The summed E-state index contributed by atoms with van der Waals surface area (Å²) in [6.07, 6.45) is 3.50. The van der Waals surface area contributed by atoms with E-state index >= 15 is 0 Å². The van der Waals surface area contributed by atoms with Crippen molar-refractivity contribution in [3.63, 3.8) is 0 Å². The lowest BCUT2D eigenvalue weighted by molar-refractivity contribution is -0.0165. The summed E-state index contributed by atoms with van der Waals surface area (Å²) in [5.41, 5.74) is 0. The molecule has 0 unspecified atom stereocenters. The molecular formula is C6H11O. The van der Waals surface area contributed by atoms with E-state index in [-0.39, 0.29) is 0 Å². The SMILES string of the molecule is CC[CH]C1COC1. The van der Waals surface area contributed by atoms with Gasteiger partial charge in [0.25, 0.3) is 0 Å². The molecule has 0 saturated carbocycles. The van der Waals surface area contributed by atoms with Gasteiger partial charge in [-0.25, -0.2) is 0 Å². The molecule has 7 heavy (non-hydrogen) atoms. The molecule has 1 radical (unpaired) electrons. The van der Waals surface area contributed by atoms with Gasteiger partial charge in [0.05, 0.1) is 13.2 Å². The fourth-order valence-electron chi connectivity index (χ4n) is 0.723. The van der Waals surface area contributed by atoms with Crippen LogP contribution in [0, 0.1) is 12.3 Å². The maximum atomic E-state index is 4.96. The van der Waals surface area contributed by atoms with Crippen molar-refractivity contribution in [2.24, 2.45) is 5.92 Å². The number of hydrogen-bond acceptors (Lipinski definition) is 1. The molecule has 0 aromatic heterocycles. The summed E-state index contributed by atoms with van der Waals surface area (Å²) in [7, 11) is 0. The van der Waals surface area contributed by atoms with E-state index in [0.29, 0.717) is 0 Å². The third-order valence-electron chi connectivity index (χ3n) is 1.23. The minimum Gasteiger partial charge on any atom is -0.381 e. The normalized spacial score (nSPS) is 21.9. The van der Waals surface area contributed by atoms with Gasteiger partial charge in [0.15, 0.2) is 0 Å². The minimum atomic E-state index is 0.782. The van der Waals surface area contributed by atoms with Crippen molar-refractivity contribution in [3.8, 4) is 0 Å². The van der Waals surface area contributed by atoms with Gasteiger partial charge in [-0.3, -0.25) is 0 Å². The zero-order chi connectivity index (χ0) is 5.11. The summed E-state index contributed by atoms with van der Waals surface area (Å²) in [5.74, 6) is 0.782. The largest absolute Gasteiger partial charge is 0.381 e. The summed E-state index contributed by atoms with van der Waals surface area (Å²) in [6.45, 7) is 4.10. The Labute approximate surface area is 44.7 Å². The molecule has 0 atom stereocenters. The molecule has 1 aliphatic rings. The highest BCUT2D eigenvalue weighted by Gasteiger charge is 2.16. The van der Waals surface area contributed by atoms with E-state index in [0.717, 1.165) is 19.1 Å². The van der Waals surface area contributed by atoms with Gasteiger partial charge in [-0.05, 0) is 6.42 Å². The van der Waals surface area contributed by atoms with Crippen molar-refractivity contribution < 1.29 is 4.74 Å². The monoisotopic (exact) mass is 99.1 g/mol. The molecule has 0 bridgehead atoms.